The monoisotopic (exact) mass is 281 g/mol. The van der Waals surface area contributed by atoms with E-state index in [-0.39, 0.29) is 17.4 Å². The van der Waals surface area contributed by atoms with Crippen LogP contribution in [0.5, 0.6) is 0 Å². The molecule has 3 nitrogen and oxygen atoms in total. The first-order valence-corrected chi connectivity index (χ1v) is 7.89. The summed E-state index contributed by atoms with van der Waals surface area (Å²) in [4.78, 5) is 12.9. The van der Waals surface area contributed by atoms with Crippen LogP contribution in [-0.2, 0) is 9.53 Å². The van der Waals surface area contributed by atoms with E-state index in [1.807, 2.05) is 6.07 Å². The molecule has 0 saturated heterocycles. The van der Waals surface area contributed by atoms with Crippen LogP contribution >= 0.6 is 11.3 Å². The molecule has 1 atom stereocenters. The third kappa shape index (κ3) is 3.80. The molecule has 0 bridgehead atoms. The van der Waals surface area contributed by atoms with Gasteiger partial charge in [0.25, 0.3) is 0 Å². The summed E-state index contributed by atoms with van der Waals surface area (Å²) in [6.45, 7) is 0. The van der Waals surface area contributed by atoms with Crippen LogP contribution in [0.25, 0.3) is 0 Å². The number of hydrogen-bond donors (Lipinski definition) is 1. The van der Waals surface area contributed by atoms with E-state index in [9.17, 15) is 4.79 Å². The van der Waals surface area contributed by atoms with Gasteiger partial charge in [-0.05, 0) is 36.1 Å². The van der Waals surface area contributed by atoms with Gasteiger partial charge in [-0.3, -0.25) is 4.79 Å². The Labute approximate surface area is 119 Å². The minimum Gasteiger partial charge on any atom is -0.469 e. The zero-order valence-electron chi connectivity index (χ0n) is 11.6. The van der Waals surface area contributed by atoms with E-state index in [0.29, 0.717) is 6.42 Å². The van der Waals surface area contributed by atoms with Crippen LogP contribution < -0.4 is 5.73 Å². The Hall–Kier alpha value is -0.870. The van der Waals surface area contributed by atoms with Crippen molar-refractivity contribution in [3.63, 3.8) is 0 Å². The molecule has 1 aromatic rings. The second-order valence-electron chi connectivity index (χ2n) is 5.64. The SMILES string of the molecule is COC(=O)CC1(CC(N)c2cccs2)CCCCC1. The van der Waals surface area contributed by atoms with Crippen LogP contribution in [0.3, 0.4) is 0 Å². The van der Waals surface area contributed by atoms with Crippen molar-refractivity contribution in [2.24, 2.45) is 11.1 Å². The average Bonchev–Trinajstić information content (AvgIpc) is 2.93. The van der Waals surface area contributed by atoms with Crippen LogP contribution in [0.2, 0.25) is 0 Å². The Morgan fingerprint density at radius 1 is 1.47 bits per heavy atom. The number of rotatable bonds is 5. The summed E-state index contributed by atoms with van der Waals surface area (Å²) in [5.74, 6) is -0.0970. The molecule has 1 unspecified atom stereocenters. The highest BCUT2D eigenvalue weighted by Gasteiger charge is 2.36. The van der Waals surface area contributed by atoms with Crippen LogP contribution in [0.4, 0.5) is 0 Å². The van der Waals surface area contributed by atoms with Crippen LogP contribution in [-0.4, -0.2) is 13.1 Å². The highest BCUT2D eigenvalue weighted by molar-refractivity contribution is 7.10. The molecule has 2 rings (SSSR count). The summed E-state index contributed by atoms with van der Waals surface area (Å²) in [5.41, 5.74) is 6.38. The summed E-state index contributed by atoms with van der Waals surface area (Å²) in [6.07, 6.45) is 7.28. The van der Waals surface area contributed by atoms with Crippen LogP contribution in [0.15, 0.2) is 17.5 Å². The molecule has 1 aromatic heterocycles. The second kappa shape index (κ2) is 6.53. The van der Waals surface area contributed by atoms with E-state index in [4.69, 9.17) is 10.5 Å². The number of thiophene rings is 1. The van der Waals surface area contributed by atoms with Crippen molar-refractivity contribution in [3.05, 3.63) is 22.4 Å². The molecule has 1 aliphatic carbocycles. The molecular formula is C15H23NO2S. The number of nitrogens with two attached hydrogens (primary N) is 1. The van der Waals surface area contributed by atoms with Gasteiger partial charge in [0.1, 0.15) is 0 Å². The molecule has 0 radical (unpaired) electrons. The lowest BCUT2D eigenvalue weighted by molar-refractivity contribution is -0.144. The average molecular weight is 281 g/mol. The predicted molar refractivity (Wildman–Crippen MR) is 78.0 cm³/mol. The maximum atomic E-state index is 11.7. The maximum absolute atomic E-state index is 11.7. The minimum absolute atomic E-state index is 0.0442. The third-order valence-corrected chi connectivity index (χ3v) is 5.23. The van der Waals surface area contributed by atoms with Gasteiger partial charge in [0.05, 0.1) is 13.5 Å². The van der Waals surface area contributed by atoms with Gasteiger partial charge in [-0.15, -0.1) is 11.3 Å². The Balaban J connectivity index is 2.06. The fourth-order valence-electron chi connectivity index (χ4n) is 3.20. The predicted octanol–water partition coefficient (Wildman–Crippen LogP) is 3.65. The Kier molecular flexibility index (Phi) is 4.99. The number of esters is 1. The first-order chi connectivity index (χ1) is 9.15. The number of ether oxygens (including phenoxy) is 1. The van der Waals surface area contributed by atoms with Crippen molar-refractivity contribution in [1.29, 1.82) is 0 Å². The van der Waals surface area contributed by atoms with Gasteiger partial charge in [0, 0.05) is 10.9 Å². The maximum Gasteiger partial charge on any atom is 0.306 e. The van der Waals surface area contributed by atoms with Crippen molar-refractivity contribution in [2.45, 2.75) is 51.0 Å². The molecule has 1 saturated carbocycles. The van der Waals surface area contributed by atoms with Gasteiger partial charge in [0.15, 0.2) is 0 Å². The van der Waals surface area contributed by atoms with Crippen molar-refractivity contribution in [3.8, 4) is 0 Å². The van der Waals surface area contributed by atoms with Gasteiger partial charge >= 0.3 is 5.97 Å². The van der Waals surface area contributed by atoms with Crippen molar-refractivity contribution < 1.29 is 9.53 Å². The standard InChI is InChI=1S/C15H23NO2S/c1-18-14(17)11-15(7-3-2-4-8-15)10-12(16)13-6-5-9-19-13/h5-6,9,12H,2-4,7-8,10-11,16H2,1H3. The molecule has 106 valence electrons. The number of carbonyl (C=O) groups is 1. The van der Waals surface area contributed by atoms with E-state index in [1.54, 1.807) is 11.3 Å². The lowest BCUT2D eigenvalue weighted by Gasteiger charge is -2.38. The fourth-order valence-corrected chi connectivity index (χ4v) is 3.93. The molecule has 0 aromatic carbocycles. The van der Waals surface area contributed by atoms with E-state index in [2.05, 4.69) is 11.4 Å². The van der Waals surface area contributed by atoms with E-state index >= 15 is 0 Å². The Bertz CT molecular complexity index is 396. The van der Waals surface area contributed by atoms with E-state index in [0.717, 1.165) is 19.3 Å². The molecular weight excluding hydrogens is 258 g/mol. The van der Waals surface area contributed by atoms with Crippen LogP contribution in [0.1, 0.15) is 55.9 Å². The van der Waals surface area contributed by atoms with Crippen molar-refractivity contribution >= 4 is 17.3 Å². The largest absolute Gasteiger partial charge is 0.469 e. The first kappa shape index (κ1) is 14.5. The molecule has 4 heteroatoms. The highest BCUT2D eigenvalue weighted by Crippen LogP contribution is 2.45. The van der Waals surface area contributed by atoms with Gasteiger partial charge < -0.3 is 10.5 Å². The first-order valence-electron chi connectivity index (χ1n) is 7.01. The van der Waals surface area contributed by atoms with E-state index in [1.165, 1.54) is 31.2 Å². The normalized spacial score (nSPS) is 19.9. The molecule has 19 heavy (non-hydrogen) atoms. The zero-order valence-corrected chi connectivity index (χ0v) is 12.4. The summed E-state index contributed by atoms with van der Waals surface area (Å²) < 4.78 is 4.87. The number of carbonyl (C=O) groups excluding carboxylic acids is 1. The van der Waals surface area contributed by atoms with Crippen LogP contribution in [0, 0.1) is 5.41 Å². The van der Waals surface area contributed by atoms with Gasteiger partial charge in [-0.25, -0.2) is 0 Å². The topological polar surface area (TPSA) is 52.3 Å². The van der Waals surface area contributed by atoms with Crippen molar-refractivity contribution in [2.75, 3.05) is 7.11 Å². The summed E-state index contributed by atoms with van der Waals surface area (Å²) >= 11 is 1.70. The third-order valence-electron chi connectivity index (χ3n) is 4.22. The fraction of sp³-hybridized carbons (Fsp3) is 0.667. The molecule has 0 amide bonds. The van der Waals surface area contributed by atoms with Gasteiger partial charge in [0.2, 0.25) is 0 Å². The molecule has 1 aliphatic rings. The highest BCUT2D eigenvalue weighted by atomic mass is 32.1. The molecule has 0 spiro atoms. The second-order valence-corrected chi connectivity index (χ2v) is 6.62. The molecule has 2 N–H and O–H groups in total. The smallest absolute Gasteiger partial charge is 0.306 e. The molecule has 1 fully saturated rings. The van der Waals surface area contributed by atoms with Crippen molar-refractivity contribution in [1.82, 2.24) is 0 Å². The van der Waals surface area contributed by atoms with E-state index < -0.39 is 0 Å². The molecule has 0 aliphatic heterocycles. The number of hydrogen-bond acceptors (Lipinski definition) is 4. The summed E-state index contributed by atoms with van der Waals surface area (Å²) in [6, 6.07) is 4.17. The Morgan fingerprint density at radius 3 is 2.79 bits per heavy atom. The quantitative estimate of drug-likeness (QED) is 0.838. The number of methoxy groups -OCH3 is 1. The Morgan fingerprint density at radius 2 is 2.21 bits per heavy atom. The summed E-state index contributed by atoms with van der Waals surface area (Å²) in [5, 5.41) is 2.06. The minimum atomic E-state index is -0.0970. The lowest BCUT2D eigenvalue weighted by Crippen LogP contribution is -2.31. The summed E-state index contributed by atoms with van der Waals surface area (Å²) in [7, 11) is 1.47. The van der Waals surface area contributed by atoms with Gasteiger partial charge in [-0.2, -0.15) is 0 Å². The lowest BCUT2D eigenvalue weighted by atomic mass is 9.68. The molecule has 1 heterocycles. The zero-order chi connectivity index (χ0) is 13.7. The van der Waals surface area contributed by atoms with Gasteiger partial charge in [-0.1, -0.05) is 25.3 Å².